The number of ether oxygens (including phenoxy) is 1. The third kappa shape index (κ3) is 6.32. The number of piperidine rings is 1. The molecule has 2 N–H and O–H groups in total. The van der Waals surface area contributed by atoms with Crippen LogP contribution in [0.4, 0.5) is 5.13 Å². The Bertz CT molecular complexity index is 1020. The average Bonchev–Trinajstić information content (AvgIpc) is 3.58. The molecule has 0 amide bonds. The molecular weight excluding hydrogens is 488 g/mol. The van der Waals surface area contributed by atoms with E-state index in [4.69, 9.17) is 9.72 Å². The van der Waals surface area contributed by atoms with Crippen LogP contribution in [0.15, 0.2) is 23.1 Å². The van der Waals surface area contributed by atoms with E-state index < -0.39 is 11.0 Å². The SMILES string of the molecule is COc1ccc(-c2sc(NCC3CCCCC3)nc2C)cc1S(=O)NC1CCN(C2CCCC2)CC1. The Labute approximate surface area is 223 Å². The fraction of sp³-hybridized carbons (Fsp3) is 0.679. The van der Waals surface area contributed by atoms with Gasteiger partial charge in [0.2, 0.25) is 0 Å². The number of methoxy groups -OCH3 is 1. The monoisotopic (exact) mass is 530 g/mol. The molecule has 2 saturated carbocycles. The number of aromatic nitrogens is 1. The second kappa shape index (κ2) is 12.4. The van der Waals surface area contributed by atoms with Crippen molar-refractivity contribution < 1.29 is 8.95 Å². The van der Waals surface area contributed by atoms with Gasteiger partial charge in [-0.05, 0) is 88.2 Å². The predicted molar refractivity (Wildman–Crippen MR) is 150 cm³/mol. The number of aryl methyl sites for hydroxylation is 1. The zero-order valence-corrected chi connectivity index (χ0v) is 23.5. The summed E-state index contributed by atoms with van der Waals surface area (Å²) in [6, 6.07) is 7.09. The van der Waals surface area contributed by atoms with Gasteiger partial charge in [-0.3, -0.25) is 0 Å². The number of thiazole rings is 1. The molecule has 2 heterocycles. The highest BCUT2D eigenvalue weighted by Gasteiger charge is 2.28. The van der Waals surface area contributed by atoms with Gasteiger partial charge in [-0.1, -0.05) is 43.4 Å². The second-order valence-electron chi connectivity index (χ2n) is 10.8. The molecule has 5 rings (SSSR count). The maximum Gasteiger partial charge on any atom is 0.183 e. The summed E-state index contributed by atoms with van der Waals surface area (Å²) in [7, 11) is 0.333. The molecule has 0 spiro atoms. The number of benzene rings is 1. The molecule has 0 radical (unpaired) electrons. The van der Waals surface area contributed by atoms with Gasteiger partial charge in [0, 0.05) is 18.6 Å². The van der Waals surface area contributed by atoms with Crippen LogP contribution in [-0.2, 0) is 11.0 Å². The molecule has 1 unspecified atom stereocenters. The minimum absolute atomic E-state index is 0.276. The number of hydrogen-bond acceptors (Lipinski definition) is 6. The Morgan fingerprint density at radius 3 is 2.50 bits per heavy atom. The van der Waals surface area contributed by atoms with Crippen LogP contribution >= 0.6 is 11.3 Å². The molecule has 36 heavy (non-hydrogen) atoms. The van der Waals surface area contributed by atoms with Gasteiger partial charge in [-0.25, -0.2) is 13.9 Å². The summed E-state index contributed by atoms with van der Waals surface area (Å²) < 4.78 is 22.5. The maximum atomic E-state index is 13.5. The summed E-state index contributed by atoms with van der Waals surface area (Å²) in [5, 5.41) is 4.57. The van der Waals surface area contributed by atoms with E-state index in [-0.39, 0.29) is 6.04 Å². The van der Waals surface area contributed by atoms with Crippen LogP contribution in [0.5, 0.6) is 5.75 Å². The van der Waals surface area contributed by atoms with Crippen LogP contribution in [0.3, 0.4) is 0 Å². The van der Waals surface area contributed by atoms with Crippen LogP contribution in [0.2, 0.25) is 0 Å². The molecule has 2 aromatic rings. The smallest absolute Gasteiger partial charge is 0.183 e. The van der Waals surface area contributed by atoms with E-state index in [0.717, 1.165) is 70.6 Å². The van der Waals surface area contributed by atoms with Crippen molar-refractivity contribution in [1.82, 2.24) is 14.6 Å². The lowest BCUT2D eigenvalue weighted by molar-refractivity contribution is 0.151. The van der Waals surface area contributed by atoms with E-state index in [1.54, 1.807) is 18.4 Å². The zero-order valence-electron chi connectivity index (χ0n) is 21.9. The van der Waals surface area contributed by atoms with Gasteiger partial charge in [0.15, 0.2) is 5.13 Å². The van der Waals surface area contributed by atoms with E-state index in [0.29, 0.717) is 5.75 Å². The van der Waals surface area contributed by atoms with Gasteiger partial charge < -0.3 is 15.0 Å². The van der Waals surface area contributed by atoms with E-state index in [1.165, 1.54) is 57.8 Å². The highest BCUT2D eigenvalue weighted by atomic mass is 32.2. The molecule has 1 aromatic carbocycles. The van der Waals surface area contributed by atoms with Crippen LogP contribution in [-0.4, -0.2) is 52.9 Å². The standard InChI is InChI=1S/C28H42N4O2S2/c1-20-27(35-28(30-20)29-19-21-8-4-3-5-9-21)22-12-13-25(34-2)26(18-22)36(33)31-23-14-16-32(17-15-23)24-10-6-7-11-24/h12-13,18,21,23-24,31H,3-11,14-17,19H2,1-2H3,(H,29,30). The molecule has 8 heteroatoms. The summed E-state index contributed by atoms with van der Waals surface area (Å²) in [5.74, 6) is 1.43. The minimum Gasteiger partial charge on any atom is -0.495 e. The van der Waals surface area contributed by atoms with Crippen molar-refractivity contribution in [3.8, 4) is 16.2 Å². The summed E-state index contributed by atoms with van der Waals surface area (Å²) in [6.45, 7) is 5.28. The van der Waals surface area contributed by atoms with Gasteiger partial charge >= 0.3 is 0 Å². The third-order valence-corrected chi connectivity index (χ3v) is 10.8. The highest BCUT2D eigenvalue weighted by molar-refractivity contribution is 7.83. The van der Waals surface area contributed by atoms with Crippen molar-refractivity contribution in [3.05, 3.63) is 23.9 Å². The van der Waals surface area contributed by atoms with Gasteiger partial charge in [0.25, 0.3) is 0 Å². The lowest BCUT2D eigenvalue weighted by Gasteiger charge is -2.36. The Kier molecular flexibility index (Phi) is 8.99. The number of rotatable bonds is 9. The largest absolute Gasteiger partial charge is 0.495 e. The average molecular weight is 531 g/mol. The molecule has 1 atom stereocenters. The lowest BCUT2D eigenvalue weighted by Crippen LogP contribution is -2.46. The van der Waals surface area contributed by atoms with Crippen LogP contribution < -0.4 is 14.8 Å². The fourth-order valence-electron chi connectivity index (χ4n) is 6.19. The number of likely N-dealkylation sites (tertiary alicyclic amines) is 1. The first-order valence-corrected chi connectivity index (χ1v) is 15.9. The summed E-state index contributed by atoms with van der Waals surface area (Å²) in [6.07, 6.45) is 14.3. The van der Waals surface area contributed by atoms with E-state index >= 15 is 0 Å². The number of nitrogens with zero attached hydrogens (tertiary/aromatic N) is 2. The molecule has 2 aliphatic carbocycles. The quantitative estimate of drug-likeness (QED) is 0.408. The van der Waals surface area contributed by atoms with Crippen molar-refractivity contribution in [2.24, 2.45) is 5.92 Å². The van der Waals surface area contributed by atoms with Crippen molar-refractivity contribution >= 4 is 27.5 Å². The van der Waals surface area contributed by atoms with E-state index in [2.05, 4.69) is 27.9 Å². The third-order valence-electron chi connectivity index (χ3n) is 8.33. The van der Waals surface area contributed by atoms with Gasteiger partial charge in [0.05, 0.1) is 22.6 Å². The predicted octanol–water partition coefficient (Wildman–Crippen LogP) is 6.14. The Morgan fingerprint density at radius 2 is 1.78 bits per heavy atom. The molecule has 198 valence electrons. The topological polar surface area (TPSA) is 66.5 Å². The lowest BCUT2D eigenvalue weighted by atomic mass is 9.89. The Morgan fingerprint density at radius 1 is 1.06 bits per heavy atom. The fourth-order valence-corrected chi connectivity index (χ4v) is 8.40. The number of anilines is 1. The Balaban J connectivity index is 1.23. The molecule has 3 aliphatic rings. The van der Waals surface area contributed by atoms with Crippen LogP contribution in [0.1, 0.15) is 76.3 Å². The highest BCUT2D eigenvalue weighted by Crippen LogP contribution is 2.36. The number of nitrogens with one attached hydrogen (secondary N) is 2. The first-order chi connectivity index (χ1) is 17.6. The van der Waals surface area contributed by atoms with E-state index in [1.807, 2.05) is 12.1 Å². The normalized spacial score (nSPS) is 21.6. The molecular formula is C28H42N4O2S2. The minimum atomic E-state index is -1.32. The zero-order chi connectivity index (χ0) is 24.9. The first-order valence-electron chi connectivity index (χ1n) is 13.9. The van der Waals surface area contributed by atoms with Crippen molar-refractivity contribution in [1.29, 1.82) is 0 Å². The molecule has 0 bridgehead atoms. The molecule has 3 fully saturated rings. The molecule has 1 saturated heterocycles. The van der Waals surface area contributed by atoms with Gasteiger partial charge in [-0.2, -0.15) is 0 Å². The second-order valence-corrected chi connectivity index (χ2v) is 13.0. The molecule has 1 aromatic heterocycles. The van der Waals surface area contributed by atoms with Crippen LogP contribution in [0, 0.1) is 12.8 Å². The maximum absolute atomic E-state index is 13.5. The molecule has 6 nitrogen and oxygen atoms in total. The summed E-state index contributed by atoms with van der Waals surface area (Å²) in [5.41, 5.74) is 2.07. The van der Waals surface area contributed by atoms with Gasteiger partial charge in [0.1, 0.15) is 16.7 Å². The van der Waals surface area contributed by atoms with Gasteiger partial charge in [-0.15, -0.1) is 0 Å². The van der Waals surface area contributed by atoms with Crippen molar-refractivity contribution in [3.63, 3.8) is 0 Å². The summed E-state index contributed by atoms with van der Waals surface area (Å²) in [4.78, 5) is 9.31. The Hall–Kier alpha value is -1.48. The first kappa shape index (κ1) is 26.1. The van der Waals surface area contributed by atoms with Crippen molar-refractivity contribution in [2.75, 3.05) is 32.1 Å². The molecule has 1 aliphatic heterocycles. The van der Waals surface area contributed by atoms with Crippen molar-refractivity contribution in [2.45, 2.75) is 94.5 Å². The van der Waals surface area contributed by atoms with Crippen LogP contribution in [0.25, 0.3) is 10.4 Å². The number of hydrogen-bond donors (Lipinski definition) is 2. The summed E-state index contributed by atoms with van der Waals surface area (Å²) >= 11 is 1.70. The van der Waals surface area contributed by atoms with E-state index in [9.17, 15) is 4.21 Å².